The number of benzene rings is 1. The van der Waals surface area contributed by atoms with Crippen LogP contribution in [-0.2, 0) is 9.53 Å². The molecule has 0 spiro atoms. The smallest absolute Gasteiger partial charge is 0.338 e. The van der Waals surface area contributed by atoms with Crippen molar-refractivity contribution in [2.45, 2.75) is 59.1 Å². The van der Waals surface area contributed by atoms with E-state index in [0.717, 1.165) is 12.8 Å². The minimum absolute atomic E-state index is 0.127. The molecule has 0 radical (unpaired) electrons. The van der Waals surface area contributed by atoms with Gasteiger partial charge in [-0.2, -0.15) is 0 Å². The Balaban J connectivity index is 2.13. The number of rotatable bonds is 6. The van der Waals surface area contributed by atoms with E-state index in [1.165, 1.54) is 30.0 Å². The van der Waals surface area contributed by atoms with Crippen molar-refractivity contribution in [3.05, 3.63) is 34.9 Å². The number of amides is 3. The fourth-order valence-corrected chi connectivity index (χ4v) is 2.69. The third-order valence-electron chi connectivity index (χ3n) is 4.09. The number of imide groups is 1. The van der Waals surface area contributed by atoms with Crippen LogP contribution in [0, 0.1) is 0 Å². The molecule has 1 aliphatic heterocycles. The zero-order valence-electron chi connectivity index (χ0n) is 16.4. The molecular weight excluding hydrogens is 348 g/mol. The van der Waals surface area contributed by atoms with Crippen LogP contribution >= 0.6 is 0 Å². The number of nitrogens with zero attached hydrogens (tertiary/aromatic N) is 1. The molecule has 1 N–H and O–H groups in total. The van der Waals surface area contributed by atoms with Gasteiger partial charge in [0, 0.05) is 12.1 Å². The molecule has 2 rings (SSSR count). The van der Waals surface area contributed by atoms with E-state index in [2.05, 4.69) is 5.32 Å². The molecule has 1 heterocycles. The Morgan fingerprint density at radius 1 is 1.15 bits per heavy atom. The first kappa shape index (κ1) is 20.6. The van der Waals surface area contributed by atoms with Crippen molar-refractivity contribution in [3.63, 3.8) is 0 Å². The SMILES string of the molecule is CCCCN1C(=O)c2ccc(C(=O)O[C@@H](C)C(=O)NC(C)(C)C)cc2C1=O. The quantitative estimate of drug-likeness (QED) is 0.610. The van der Waals surface area contributed by atoms with E-state index < -0.39 is 29.4 Å². The van der Waals surface area contributed by atoms with Gasteiger partial charge in [-0.1, -0.05) is 13.3 Å². The second kappa shape index (κ2) is 7.90. The second-order valence-corrected chi connectivity index (χ2v) is 7.66. The molecule has 3 amide bonds. The molecule has 1 aromatic carbocycles. The van der Waals surface area contributed by atoms with E-state index >= 15 is 0 Å². The fourth-order valence-electron chi connectivity index (χ4n) is 2.69. The molecule has 7 nitrogen and oxygen atoms in total. The van der Waals surface area contributed by atoms with Crippen LogP contribution < -0.4 is 5.32 Å². The number of unbranched alkanes of at least 4 members (excludes halogenated alkanes) is 1. The number of esters is 1. The highest BCUT2D eigenvalue weighted by atomic mass is 16.5. The van der Waals surface area contributed by atoms with Gasteiger partial charge in [0.2, 0.25) is 0 Å². The Morgan fingerprint density at radius 3 is 2.37 bits per heavy atom. The number of ether oxygens (including phenoxy) is 1. The minimum Gasteiger partial charge on any atom is -0.449 e. The molecule has 7 heteroatoms. The Hall–Kier alpha value is -2.70. The predicted octanol–water partition coefficient (Wildman–Crippen LogP) is 2.54. The highest BCUT2D eigenvalue weighted by Crippen LogP contribution is 2.25. The molecule has 146 valence electrons. The summed E-state index contributed by atoms with van der Waals surface area (Å²) in [5, 5.41) is 2.73. The lowest BCUT2D eigenvalue weighted by Gasteiger charge is -2.23. The van der Waals surface area contributed by atoms with Gasteiger partial charge in [0.1, 0.15) is 0 Å². The lowest BCUT2D eigenvalue weighted by atomic mass is 10.1. The van der Waals surface area contributed by atoms with Gasteiger partial charge in [0.05, 0.1) is 16.7 Å². The number of hydrogen-bond acceptors (Lipinski definition) is 5. The number of fused-ring (bicyclic) bond motifs is 1. The van der Waals surface area contributed by atoms with Crippen LogP contribution in [0.5, 0.6) is 0 Å². The molecule has 0 bridgehead atoms. The standard InChI is InChI=1S/C20H26N2O5/c1-6-7-10-22-17(24)14-9-8-13(11-15(14)18(22)25)19(26)27-12(2)16(23)21-20(3,4)5/h8-9,11-12H,6-7,10H2,1-5H3,(H,21,23)/t12-/m0/s1. The largest absolute Gasteiger partial charge is 0.449 e. The highest BCUT2D eigenvalue weighted by molar-refractivity contribution is 6.22. The zero-order valence-corrected chi connectivity index (χ0v) is 16.4. The fraction of sp³-hybridized carbons (Fsp3) is 0.500. The summed E-state index contributed by atoms with van der Waals surface area (Å²) in [7, 11) is 0. The van der Waals surface area contributed by atoms with E-state index in [4.69, 9.17) is 4.74 Å². The number of hydrogen-bond donors (Lipinski definition) is 1. The third-order valence-corrected chi connectivity index (χ3v) is 4.09. The van der Waals surface area contributed by atoms with Crippen molar-refractivity contribution in [1.82, 2.24) is 10.2 Å². The monoisotopic (exact) mass is 374 g/mol. The van der Waals surface area contributed by atoms with E-state index in [1.807, 2.05) is 27.7 Å². The van der Waals surface area contributed by atoms with Gasteiger partial charge in [0.25, 0.3) is 17.7 Å². The summed E-state index contributed by atoms with van der Waals surface area (Å²) in [5.41, 5.74) is 0.159. The Kier molecular flexibility index (Phi) is 6.03. The molecular formula is C20H26N2O5. The molecule has 27 heavy (non-hydrogen) atoms. The highest BCUT2D eigenvalue weighted by Gasteiger charge is 2.35. The van der Waals surface area contributed by atoms with Gasteiger partial charge < -0.3 is 10.1 Å². The summed E-state index contributed by atoms with van der Waals surface area (Å²) in [6, 6.07) is 4.25. The minimum atomic E-state index is -0.983. The average Bonchev–Trinajstić information content (AvgIpc) is 2.82. The Labute approximate surface area is 159 Å². The number of carbonyl (C=O) groups excluding carboxylic acids is 4. The number of nitrogens with one attached hydrogen (secondary N) is 1. The van der Waals surface area contributed by atoms with Crippen LogP contribution in [0.4, 0.5) is 0 Å². The zero-order chi connectivity index (χ0) is 20.4. The Morgan fingerprint density at radius 2 is 1.78 bits per heavy atom. The van der Waals surface area contributed by atoms with E-state index in [1.54, 1.807) is 0 Å². The summed E-state index contributed by atoms with van der Waals surface area (Å²) < 4.78 is 5.20. The van der Waals surface area contributed by atoms with Gasteiger partial charge >= 0.3 is 5.97 Å². The third kappa shape index (κ3) is 4.72. The summed E-state index contributed by atoms with van der Waals surface area (Å²) in [6.07, 6.45) is 0.601. The van der Waals surface area contributed by atoms with Gasteiger partial charge in [-0.05, 0) is 52.3 Å². The van der Waals surface area contributed by atoms with Gasteiger partial charge in [-0.15, -0.1) is 0 Å². The van der Waals surface area contributed by atoms with Crippen molar-refractivity contribution < 1.29 is 23.9 Å². The van der Waals surface area contributed by atoms with E-state index in [-0.39, 0.29) is 22.6 Å². The predicted molar refractivity (Wildman–Crippen MR) is 99.5 cm³/mol. The maximum absolute atomic E-state index is 12.5. The van der Waals surface area contributed by atoms with Crippen molar-refractivity contribution in [2.24, 2.45) is 0 Å². The van der Waals surface area contributed by atoms with E-state index in [9.17, 15) is 19.2 Å². The van der Waals surface area contributed by atoms with Gasteiger partial charge in [0.15, 0.2) is 6.10 Å². The van der Waals surface area contributed by atoms with Crippen molar-refractivity contribution in [3.8, 4) is 0 Å². The van der Waals surface area contributed by atoms with Gasteiger partial charge in [-0.25, -0.2) is 4.79 Å². The second-order valence-electron chi connectivity index (χ2n) is 7.66. The molecule has 1 atom stereocenters. The molecule has 0 saturated heterocycles. The molecule has 1 aromatic rings. The van der Waals surface area contributed by atoms with Crippen molar-refractivity contribution in [2.75, 3.05) is 6.54 Å². The van der Waals surface area contributed by atoms with Crippen molar-refractivity contribution >= 4 is 23.7 Å². The van der Waals surface area contributed by atoms with Crippen LogP contribution in [0.2, 0.25) is 0 Å². The first-order chi connectivity index (χ1) is 12.5. The average molecular weight is 374 g/mol. The number of carbonyl (C=O) groups is 4. The van der Waals surface area contributed by atoms with Crippen LogP contribution in [0.15, 0.2) is 18.2 Å². The maximum atomic E-state index is 12.5. The molecule has 0 unspecified atom stereocenters. The molecule has 0 fully saturated rings. The van der Waals surface area contributed by atoms with Gasteiger partial charge in [-0.3, -0.25) is 19.3 Å². The Bertz CT molecular complexity index is 779. The molecule has 1 aliphatic rings. The van der Waals surface area contributed by atoms with Crippen LogP contribution in [0.1, 0.15) is 78.5 Å². The summed E-state index contributed by atoms with van der Waals surface area (Å²) in [5.74, 6) is -1.88. The summed E-state index contributed by atoms with van der Waals surface area (Å²) in [6.45, 7) is 9.29. The van der Waals surface area contributed by atoms with E-state index in [0.29, 0.717) is 6.54 Å². The summed E-state index contributed by atoms with van der Waals surface area (Å²) in [4.78, 5) is 50.4. The normalized spacial score (nSPS) is 14.8. The molecule has 0 saturated carbocycles. The van der Waals surface area contributed by atoms with Crippen LogP contribution in [-0.4, -0.2) is 46.8 Å². The lowest BCUT2D eigenvalue weighted by Crippen LogP contribution is -2.46. The van der Waals surface area contributed by atoms with Crippen molar-refractivity contribution in [1.29, 1.82) is 0 Å². The molecule has 0 aliphatic carbocycles. The first-order valence-electron chi connectivity index (χ1n) is 9.08. The molecule has 0 aromatic heterocycles. The first-order valence-corrected chi connectivity index (χ1v) is 9.08. The topological polar surface area (TPSA) is 92.8 Å². The summed E-state index contributed by atoms with van der Waals surface area (Å²) >= 11 is 0. The lowest BCUT2D eigenvalue weighted by molar-refractivity contribution is -0.130. The maximum Gasteiger partial charge on any atom is 0.338 e. The van der Waals surface area contributed by atoms with Crippen LogP contribution in [0.25, 0.3) is 0 Å². The van der Waals surface area contributed by atoms with Crippen LogP contribution in [0.3, 0.4) is 0 Å².